The van der Waals surface area contributed by atoms with E-state index in [4.69, 9.17) is 11.6 Å². The van der Waals surface area contributed by atoms with Crippen molar-refractivity contribution in [3.8, 4) is 0 Å². The van der Waals surface area contributed by atoms with E-state index in [0.29, 0.717) is 11.4 Å². The molecule has 0 spiro atoms. The fourth-order valence-electron chi connectivity index (χ4n) is 3.69. The van der Waals surface area contributed by atoms with Gasteiger partial charge in [0.1, 0.15) is 5.54 Å². The minimum absolute atomic E-state index is 0.146. The molecule has 1 aliphatic heterocycles. The normalized spacial score (nSPS) is 24.1. The molecule has 1 N–H and O–H groups in total. The zero-order valence-electron chi connectivity index (χ0n) is 12.8. The second-order valence-electron chi connectivity index (χ2n) is 5.86. The van der Waals surface area contributed by atoms with Gasteiger partial charge in [0, 0.05) is 11.1 Å². The molecule has 2 unspecified atom stereocenters. The smallest absolute Gasteiger partial charge is 0.324 e. The highest BCUT2D eigenvalue weighted by Gasteiger charge is 2.49. The standard InChI is InChI=1S/C17H24ClNO2/c1-3-10-17(16(20)21)11-5-12-19(17)15(4-2)13-6-8-14(18)9-7-13/h6-9,15H,3-5,10-12H2,1-2H3,(H,20,21). The van der Waals surface area contributed by atoms with Gasteiger partial charge in [-0.1, -0.05) is 44.0 Å². The number of aliphatic carboxylic acids is 1. The van der Waals surface area contributed by atoms with Crippen LogP contribution in [-0.4, -0.2) is 28.1 Å². The van der Waals surface area contributed by atoms with E-state index < -0.39 is 11.5 Å². The lowest BCUT2D eigenvalue weighted by Crippen LogP contribution is -2.51. The van der Waals surface area contributed by atoms with Crippen molar-refractivity contribution in [3.05, 3.63) is 34.9 Å². The lowest BCUT2D eigenvalue weighted by atomic mass is 9.88. The van der Waals surface area contributed by atoms with Crippen LogP contribution in [-0.2, 0) is 4.79 Å². The number of nitrogens with zero attached hydrogens (tertiary/aromatic N) is 1. The third kappa shape index (κ3) is 3.09. The lowest BCUT2D eigenvalue weighted by Gasteiger charge is -2.40. The van der Waals surface area contributed by atoms with Crippen molar-refractivity contribution in [1.82, 2.24) is 4.90 Å². The molecule has 1 heterocycles. The zero-order chi connectivity index (χ0) is 15.5. The molecule has 2 atom stereocenters. The fraction of sp³-hybridized carbons (Fsp3) is 0.588. The number of rotatable bonds is 6. The summed E-state index contributed by atoms with van der Waals surface area (Å²) in [6, 6.07) is 7.96. The third-order valence-electron chi connectivity index (χ3n) is 4.62. The number of carbonyl (C=O) groups is 1. The first-order valence-electron chi connectivity index (χ1n) is 7.80. The quantitative estimate of drug-likeness (QED) is 0.840. The van der Waals surface area contributed by atoms with Crippen molar-refractivity contribution < 1.29 is 9.90 Å². The van der Waals surface area contributed by atoms with Crippen LogP contribution >= 0.6 is 11.6 Å². The maximum Gasteiger partial charge on any atom is 0.324 e. The molecule has 21 heavy (non-hydrogen) atoms. The number of hydrogen-bond donors (Lipinski definition) is 1. The highest BCUT2D eigenvalue weighted by molar-refractivity contribution is 6.30. The van der Waals surface area contributed by atoms with Gasteiger partial charge in [0.15, 0.2) is 0 Å². The van der Waals surface area contributed by atoms with E-state index in [2.05, 4.69) is 18.7 Å². The number of hydrogen-bond acceptors (Lipinski definition) is 2. The topological polar surface area (TPSA) is 40.5 Å². The van der Waals surface area contributed by atoms with Crippen LogP contribution in [0.4, 0.5) is 0 Å². The summed E-state index contributed by atoms with van der Waals surface area (Å²) in [5.74, 6) is -0.672. The van der Waals surface area contributed by atoms with Crippen LogP contribution < -0.4 is 0 Å². The number of halogens is 1. The van der Waals surface area contributed by atoms with Crippen molar-refractivity contribution in [1.29, 1.82) is 0 Å². The van der Waals surface area contributed by atoms with Gasteiger partial charge in [0.2, 0.25) is 0 Å². The van der Waals surface area contributed by atoms with Gasteiger partial charge in [-0.3, -0.25) is 9.69 Å². The average molecular weight is 310 g/mol. The first-order chi connectivity index (χ1) is 10.0. The molecular formula is C17H24ClNO2. The molecule has 0 radical (unpaired) electrons. The van der Waals surface area contributed by atoms with Gasteiger partial charge in [-0.2, -0.15) is 0 Å². The van der Waals surface area contributed by atoms with Crippen LogP contribution in [0.3, 0.4) is 0 Å². The van der Waals surface area contributed by atoms with Gasteiger partial charge in [0.05, 0.1) is 0 Å². The number of likely N-dealkylation sites (tertiary alicyclic amines) is 1. The Kier molecular flexibility index (Phi) is 5.28. The Morgan fingerprint density at radius 1 is 1.38 bits per heavy atom. The zero-order valence-corrected chi connectivity index (χ0v) is 13.6. The largest absolute Gasteiger partial charge is 0.480 e. The van der Waals surface area contributed by atoms with Crippen molar-refractivity contribution >= 4 is 17.6 Å². The molecule has 2 rings (SSSR count). The summed E-state index contributed by atoms with van der Waals surface area (Å²) in [4.78, 5) is 14.2. The summed E-state index contributed by atoms with van der Waals surface area (Å²) >= 11 is 5.97. The van der Waals surface area contributed by atoms with Crippen molar-refractivity contribution in [2.75, 3.05) is 6.54 Å². The Bertz CT molecular complexity index is 488. The Labute approximate surface area is 131 Å². The maximum absolute atomic E-state index is 12.0. The molecule has 1 aromatic carbocycles. The molecule has 0 aromatic heterocycles. The summed E-state index contributed by atoms with van der Waals surface area (Å²) in [6.45, 7) is 5.04. The minimum atomic E-state index is -0.699. The second-order valence-corrected chi connectivity index (χ2v) is 6.30. The van der Waals surface area contributed by atoms with E-state index >= 15 is 0 Å². The van der Waals surface area contributed by atoms with E-state index in [1.807, 2.05) is 24.3 Å². The van der Waals surface area contributed by atoms with Gasteiger partial charge in [0.25, 0.3) is 0 Å². The number of benzene rings is 1. The molecule has 116 valence electrons. The SMILES string of the molecule is CCCC1(C(=O)O)CCCN1C(CC)c1ccc(Cl)cc1. The van der Waals surface area contributed by atoms with E-state index in [-0.39, 0.29) is 6.04 Å². The first-order valence-corrected chi connectivity index (χ1v) is 8.18. The molecule has 1 saturated heterocycles. The monoisotopic (exact) mass is 309 g/mol. The Hall–Kier alpha value is -1.06. The van der Waals surface area contributed by atoms with Crippen LogP contribution in [0.2, 0.25) is 5.02 Å². The molecule has 0 bridgehead atoms. The number of carboxylic acid groups (broad SMARTS) is 1. The number of carboxylic acids is 1. The summed E-state index contributed by atoms with van der Waals surface area (Å²) < 4.78 is 0. The third-order valence-corrected chi connectivity index (χ3v) is 4.87. The van der Waals surface area contributed by atoms with Crippen LogP contribution in [0.15, 0.2) is 24.3 Å². The molecule has 1 aliphatic rings. The van der Waals surface area contributed by atoms with Crippen molar-refractivity contribution in [3.63, 3.8) is 0 Å². The van der Waals surface area contributed by atoms with E-state index in [9.17, 15) is 9.90 Å². The van der Waals surface area contributed by atoms with E-state index in [1.54, 1.807) is 0 Å². The van der Waals surface area contributed by atoms with E-state index in [0.717, 1.165) is 37.8 Å². The van der Waals surface area contributed by atoms with Crippen molar-refractivity contribution in [2.24, 2.45) is 0 Å². The van der Waals surface area contributed by atoms with Crippen molar-refractivity contribution in [2.45, 2.75) is 57.5 Å². The summed E-state index contributed by atoms with van der Waals surface area (Å²) in [6.07, 6.45) is 4.21. The molecule has 0 aliphatic carbocycles. The first kappa shape index (κ1) is 16.3. The maximum atomic E-state index is 12.0. The van der Waals surface area contributed by atoms with Gasteiger partial charge in [-0.15, -0.1) is 0 Å². The fourth-order valence-corrected chi connectivity index (χ4v) is 3.82. The van der Waals surface area contributed by atoms with Gasteiger partial charge >= 0.3 is 5.97 Å². The second kappa shape index (κ2) is 6.80. The Morgan fingerprint density at radius 3 is 2.57 bits per heavy atom. The molecule has 0 saturated carbocycles. The van der Waals surface area contributed by atoms with E-state index in [1.165, 1.54) is 0 Å². The molecule has 1 aromatic rings. The lowest BCUT2D eigenvalue weighted by molar-refractivity contribution is -0.152. The Morgan fingerprint density at radius 2 is 2.05 bits per heavy atom. The van der Waals surface area contributed by atoms with Crippen LogP contribution in [0.25, 0.3) is 0 Å². The predicted octanol–water partition coefficient (Wildman–Crippen LogP) is 4.51. The summed E-state index contributed by atoms with van der Waals surface area (Å²) in [5, 5.41) is 10.6. The van der Waals surface area contributed by atoms with Gasteiger partial charge in [-0.25, -0.2) is 0 Å². The molecule has 1 fully saturated rings. The highest BCUT2D eigenvalue weighted by Crippen LogP contribution is 2.41. The predicted molar refractivity (Wildman–Crippen MR) is 85.7 cm³/mol. The van der Waals surface area contributed by atoms with Crippen LogP contribution in [0.5, 0.6) is 0 Å². The molecule has 3 nitrogen and oxygen atoms in total. The van der Waals surface area contributed by atoms with Crippen LogP contribution in [0, 0.1) is 0 Å². The van der Waals surface area contributed by atoms with Gasteiger partial charge < -0.3 is 5.11 Å². The molecular weight excluding hydrogens is 286 g/mol. The summed E-state index contributed by atoms with van der Waals surface area (Å²) in [7, 11) is 0. The van der Waals surface area contributed by atoms with Crippen LogP contribution in [0.1, 0.15) is 57.6 Å². The Balaban J connectivity index is 2.35. The average Bonchev–Trinajstić information content (AvgIpc) is 2.87. The minimum Gasteiger partial charge on any atom is -0.480 e. The summed E-state index contributed by atoms with van der Waals surface area (Å²) in [5.41, 5.74) is 0.459. The van der Waals surface area contributed by atoms with Gasteiger partial charge in [-0.05, 0) is 49.9 Å². The molecule has 0 amide bonds. The highest BCUT2D eigenvalue weighted by atomic mass is 35.5. The molecule has 4 heteroatoms.